The Bertz CT molecular complexity index is 1950. The molecule has 5 rings (SSSR count). The van der Waals surface area contributed by atoms with Gasteiger partial charge in [0.25, 0.3) is 11.2 Å². The molecule has 1 aliphatic rings. The molecule has 0 bridgehead atoms. The monoisotopic (exact) mass is 651 g/mol. The Morgan fingerprint density at radius 1 is 1.19 bits per heavy atom. The molecule has 0 saturated carbocycles. The van der Waals surface area contributed by atoms with E-state index in [9.17, 15) is 19.7 Å². The Morgan fingerprint density at radius 2 is 1.95 bits per heavy atom. The fourth-order valence-corrected chi connectivity index (χ4v) is 6.17. The Morgan fingerprint density at radius 3 is 2.64 bits per heavy atom. The van der Waals surface area contributed by atoms with E-state index in [1.807, 2.05) is 19.1 Å². The average molecular weight is 653 g/mol. The second kappa shape index (κ2) is 11.5. The topological polar surface area (TPSA) is 126 Å². The fourth-order valence-electron chi connectivity index (χ4n) is 4.77. The van der Waals surface area contributed by atoms with Crippen LogP contribution in [0.1, 0.15) is 43.7 Å². The zero-order valence-electron chi connectivity index (χ0n) is 23.3. The number of rotatable bonds is 7. The van der Waals surface area contributed by atoms with Gasteiger partial charge in [0.05, 0.1) is 33.9 Å². The van der Waals surface area contributed by atoms with Gasteiger partial charge >= 0.3 is 5.97 Å². The molecule has 1 atom stereocenters. The molecule has 10 nitrogen and oxygen atoms in total. The molecule has 42 heavy (non-hydrogen) atoms. The van der Waals surface area contributed by atoms with Gasteiger partial charge in [0.2, 0.25) is 0 Å². The molecule has 2 aromatic heterocycles. The molecule has 1 aliphatic heterocycles. The van der Waals surface area contributed by atoms with Crippen LogP contribution in [-0.2, 0) is 9.53 Å². The number of hydrogen-bond donors (Lipinski definition) is 0. The molecular formula is C30H26BrN3O7S. The SMILES string of the molecule is COc1ccc(Br)cc1[C@@H]1C(C(=O)OC(C)C)=C(C)N=c2s/c(=C\c3ccc(-c4cc([N+](=O)[O-])ccc4C)o3)c(=O)n21. The van der Waals surface area contributed by atoms with Gasteiger partial charge in [-0.15, -0.1) is 0 Å². The number of methoxy groups -OCH3 is 1. The van der Waals surface area contributed by atoms with Gasteiger partial charge in [-0.1, -0.05) is 33.3 Å². The van der Waals surface area contributed by atoms with Crippen molar-refractivity contribution < 1.29 is 23.6 Å². The molecular weight excluding hydrogens is 626 g/mol. The molecule has 2 aromatic carbocycles. The summed E-state index contributed by atoms with van der Waals surface area (Å²) in [5.74, 6) is 0.732. The number of benzene rings is 2. The van der Waals surface area contributed by atoms with Crippen molar-refractivity contribution in [3.8, 4) is 17.1 Å². The molecule has 0 N–H and O–H groups in total. The number of non-ortho nitro benzene ring substituents is 1. The van der Waals surface area contributed by atoms with Crippen LogP contribution in [-0.4, -0.2) is 28.7 Å². The van der Waals surface area contributed by atoms with E-state index in [-0.39, 0.29) is 22.9 Å². The second-order valence-corrected chi connectivity index (χ2v) is 11.8. The minimum absolute atomic E-state index is 0.0491. The molecule has 3 heterocycles. The van der Waals surface area contributed by atoms with Crippen LogP contribution in [0.2, 0.25) is 0 Å². The largest absolute Gasteiger partial charge is 0.496 e. The number of ether oxygens (including phenoxy) is 2. The molecule has 0 fully saturated rings. The minimum Gasteiger partial charge on any atom is -0.496 e. The van der Waals surface area contributed by atoms with Gasteiger partial charge < -0.3 is 13.9 Å². The molecule has 0 radical (unpaired) electrons. The van der Waals surface area contributed by atoms with Gasteiger partial charge in [0.1, 0.15) is 23.3 Å². The molecule has 0 saturated heterocycles. The van der Waals surface area contributed by atoms with Gasteiger partial charge in [-0.25, -0.2) is 9.79 Å². The van der Waals surface area contributed by atoms with Crippen LogP contribution in [0.25, 0.3) is 17.4 Å². The Kier molecular flexibility index (Phi) is 8.02. The van der Waals surface area contributed by atoms with Gasteiger partial charge in [0, 0.05) is 33.8 Å². The van der Waals surface area contributed by atoms with E-state index in [0.717, 1.165) is 21.4 Å². The first kappa shape index (κ1) is 29.2. The Hall–Kier alpha value is -4.29. The number of carbonyl (C=O) groups is 1. The van der Waals surface area contributed by atoms with E-state index >= 15 is 0 Å². The Labute approximate surface area is 252 Å². The van der Waals surface area contributed by atoms with E-state index in [2.05, 4.69) is 20.9 Å². The smallest absolute Gasteiger partial charge is 0.338 e. The van der Waals surface area contributed by atoms with Crippen molar-refractivity contribution in [2.45, 2.75) is 39.8 Å². The van der Waals surface area contributed by atoms with Crippen LogP contribution in [0, 0.1) is 17.0 Å². The predicted molar refractivity (Wildman–Crippen MR) is 161 cm³/mol. The number of furan rings is 1. The number of carbonyl (C=O) groups excluding carboxylic acids is 1. The summed E-state index contributed by atoms with van der Waals surface area (Å²) in [5, 5.41) is 11.3. The number of allylic oxidation sites excluding steroid dienone is 1. The minimum atomic E-state index is -0.859. The number of nitro groups is 1. The molecule has 0 aliphatic carbocycles. The molecule has 12 heteroatoms. The normalized spacial score (nSPS) is 15.0. The predicted octanol–water partition coefficient (Wildman–Crippen LogP) is 5.43. The van der Waals surface area contributed by atoms with E-state index in [1.165, 1.54) is 23.8 Å². The number of halogens is 1. The highest BCUT2D eigenvalue weighted by Crippen LogP contribution is 2.37. The van der Waals surface area contributed by atoms with Crippen molar-refractivity contribution in [2.75, 3.05) is 7.11 Å². The van der Waals surface area contributed by atoms with Crippen LogP contribution >= 0.6 is 27.3 Å². The van der Waals surface area contributed by atoms with Gasteiger partial charge in [-0.05, 0) is 63.6 Å². The maximum atomic E-state index is 14.0. The molecule has 0 unspecified atom stereocenters. The highest BCUT2D eigenvalue weighted by molar-refractivity contribution is 9.10. The third kappa shape index (κ3) is 5.47. The van der Waals surface area contributed by atoms with Crippen molar-refractivity contribution >= 4 is 45.0 Å². The number of nitrogens with zero attached hydrogens (tertiary/aromatic N) is 3. The van der Waals surface area contributed by atoms with Crippen LogP contribution in [0.15, 0.2) is 78.5 Å². The van der Waals surface area contributed by atoms with Gasteiger partial charge in [-0.3, -0.25) is 19.5 Å². The summed E-state index contributed by atoms with van der Waals surface area (Å²) in [6.07, 6.45) is 1.22. The van der Waals surface area contributed by atoms with Crippen LogP contribution in [0.3, 0.4) is 0 Å². The first-order chi connectivity index (χ1) is 20.0. The summed E-state index contributed by atoms with van der Waals surface area (Å²) in [6.45, 7) is 7.06. The first-order valence-corrected chi connectivity index (χ1v) is 14.5. The van der Waals surface area contributed by atoms with Gasteiger partial charge in [0.15, 0.2) is 4.80 Å². The summed E-state index contributed by atoms with van der Waals surface area (Å²) in [5.41, 5.74) is 2.22. The van der Waals surface area contributed by atoms with Crippen molar-refractivity contribution in [1.82, 2.24) is 4.57 Å². The zero-order chi connectivity index (χ0) is 30.3. The molecule has 216 valence electrons. The van der Waals surface area contributed by atoms with E-state index in [0.29, 0.717) is 43.4 Å². The van der Waals surface area contributed by atoms with E-state index in [4.69, 9.17) is 13.9 Å². The van der Waals surface area contributed by atoms with Crippen molar-refractivity contribution in [3.63, 3.8) is 0 Å². The van der Waals surface area contributed by atoms with E-state index in [1.54, 1.807) is 51.1 Å². The third-order valence-electron chi connectivity index (χ3n) is 6.67. The maximum absolute atomic E-state index is 14.0. The maximum Gasteiger partial charge on any atom is 0.338 e. The lowest BCUT2D eigenvalue weighted by molar-refractivity contribution is -0.384. The number of nitro benzene ring substituents is 1. The Balaban J connectivity index is 1.67. The summed E-state index contributed by atoms with van der Waals surface area (Å²) < 4.78 is 19.7. The van der Waals surface area contributed by atoms with Crippen LogP contribution in [0.5, 0.6) is 5.75 Å². The lowest BCUT2D eigenvalue weighted by Gasteiger charge is -2.26. The summed E-state index contributed by atoms with van der Waals surface area (Å²) in [6, 6.07) is 12.5. The third-order valence-corrected chi connectivity index (χ3v) is 8.14. The van der Waals surface area contributed by atoms with Crippen molar-refractivity contribution in [3.05, 3.63) is 111 Å². The van der Waals surface area contributed by atoms with Crippen LogP contribution < -0.4 is 19.6 Å². The molecule has 4 aromatic rings. The summed E-state index contributed by atoms with van der Waals surface area (Å²) in [7, 11) is 1.52. The summed E-state index contributed by atoms with van der Waals surface area (Å²) >= 11 is 4.66. The standard InChI is InChI=1S/C30H26BrN3O7S/c1-15(2)40-29(36)26-17(4)32-30-33(27(26)22-12-18(31)7-10-23(22)39-5)28(35)25(42-30)14-20-9-11-24(41-20)21-13-19(34(37)38)8-6-16(21)3/h6-15,27H,1-5H3/b25-14-/t27-/m1/s1. The van der Waals surface area contributed by atoms with Crippen LogP contribution in [0.4, 0.5) is 5.69 Å². The lowest BCUT2D eigenvalue weighted by atomic mass is 9.95. The number of aromatic nitrogens is 1. The molecule has 0 spiro atoms. The average Bonchev–Trinajstić information content (AvgIpc) is 3.51. The first-order valence-electron chi connectivity index (χ1n) is 12.9. The highest BCUT2D eigenvalue weighted by atomic mass is 79.9. The van der Waals surface area contributed by atoms with Crippen molar-refractivity contribution in [1.29, 1.82) is 0 Å². The highest BCUT2D eigenvalue weighted by Gasteiger charge is 2.35. The van der Waals surface area contributed by atoms with Gasteiger partial charge in [-0.2, -0.15) is 0 Å². The number of hydrogen-bond acceptors (Lipinski definition) is 9. The summed E-state index contributed by atoms with van der Waals surface area (Å²) in [4.78, 5) is 43.2. The molecule has 0 amide bonds. The zero-order valence-corrected chi connectivity index (χ0v) is 25.7. The number of thiazole rings is 1. The number of aryl methyl sites for hydroxylation is 1. The number of fused-ring (bicyclic) bond motifs is 1. The van der Waals surface area contributed by atoms with Crippen molar-refractivity contribution in [2.24, 2.45) is 4.99 Å². The second-order valence-electron chi connectivity index (χ2n) is 9.88. The van der Waals surface area contributed by atoms with E-state index < -0.39 is 16.9 Å². The number of esters is 1. The quantitative estimate of drug-likeness (QED) is 0.148. The lowest BCUT2D eigenvalue weighted by Crippen LogP contribution is -2.40. The fraction of sp³-hybridized carbons (Fsp3) is 0.233.